The minimum absolute atomic E-state index is 0.142. The summed E-state index contributed by atoms with van der Waals surface area (Å²) in [6.07, 6.45) is -4.98. The minimum atomic E-state index is -4.98. The zero-order valence-corrected chi connectivity index (χ0v) is 16.6. The molecule has 0 unspecified atom stereocenters. The molecule has 0 saturated heterocycles. The van der Waals surface area contributed by atoms with Gasteiger partial charge in [-0.3, -0.25) is 4.79 Å². The first-order valence-electron chi connectivity index (χ1n) is 8.02. The summed E-state index contributed by atoms with van der Waals surface area (Å²) in [4.78, 5) is 23.6. The molecule has 2 aromatic rings. The van der Waals surface area contributed by atoms with Crippen LogP contribution in [0.3, 0.4) is 0 Å². The molecule has 0 spiro atoms. The van der Waals surface area contributed by atoms with Crippen molar-refractivity contribution in [2.45, 2.75) is 16.4 Å². The van der Waals surface area contributed by atoms with Crippen LogP contribution in [0.1, 0.15) is 27.4 Å². The number of amides is 1. The first-order valence-corrected chi connectivity index (χ1v) is 9.16. The number of anilines is 1. The van der Waals surface area contributed by atoms with Crippen LogP contribution in [0.15, 0.2) is 30.3 Å². The highest BCUT2D eigenvalue weighted by Crippen LogP contribution is 2.65. The van der Waals surface area contributed by atoms with E-state index in [1.165, 1.54) is 0 Å². The van der Waals surface area contributed by atoms with E-state index in [4.69, 9.17) is 39.9 Å². The van der Waals surface area contributed by atoms with Crippen LogP contribution in [0, 0.1) is 17.6 Å². The number of carboxylic acids is 1. The van der Waals surface area contributed by atoms with E-state index < -0.39 is 67.7 Å². The van der Waals surface area contributed by atoms with E-state index in [0.717, 1.165) is 12.1 Å². The highest BCUT2D eigenvalue weighted by molar-refractivity contribution is 6.53. The molecule has 12 heteroatoms. The third kappa shape index (κ3) is 4.06. The number of alkyl halides is 5. The molecule has 160 valence electrons. The number of hydrogen-bond donors (Lipinski definition) is 2. The molecule has 1 saturated carbocycles. The zero-order chi connectivity index (χ0) is 22.6. The molecule has 30 heavy (non-hydrogen) atoms. The van der Waals surface area contributed by atoms with Crippen molar-refractivity contribution in [2.75, 3.05) is 5.32 Å². The summed E-state index contributed by atoms with van der Waals surface area (Å²) in [6.45, 7) is 0. The SMILES string of the molecule is O=C(O)c1cc(NC(=O)[C@H]2[C@H](c3ccc(F)c(C(F)(F)F)c3)C2(Cl)Cl)c(F)cc1Cl. The van der Waals surface area contributed by atoms with Crippen molar-refractivity contribution in [1.82, 2.24) is 0 Å². The van der Waals surface area contributed by atoms with Gasteiger partial charge in [0.2, 0.25) is 5.91 Å². The van der Waals surface area contributed by atoms with Crippen LogP contribution in [0.25, 0.3) is 0 Å². The summed E-state index contributed by atoms with van der Waals surface area (Å²) in [6, 6.07) is 3.53. The van der Waals surface area contributed by atoms with Gasteiger partial charge < -0.3 is 10.4 Å². The second kappa shape index (κ2) is 7.55. The van der Waals surface area contributed by atoms with E-state index in [9.17, 15) is 31.5 Å². The topological polar surface area (TPSA) is 66.4 Å². The van der Waals surface area contributed by atoms with Gasteiger partial charge in [-0.25, -0.2) is 13.6 Å². The first-order chi connectivity index (χ1) is 13.7. The van der Waals surface area contributed by atoms with E-state index in [2.05, 4.69) is 5.32 Å². The highest BCUT2D eigenvalue weighted by atomic mass is 35.5. The van der Waals surface area contributed by atoms with E-state index in [0.29, 0.717) is 18.2 Å². The summed E-state index contributed by atoms with van der Waals surface area (Å²) < 4.78 is 64.5. The standard InChI is InChI=1S/C18H9Cl3F5NO3/c19-9-5-11(23)12(4-7(9)16(29)30)27-15(28)14-13(17(14,20)21)6-1-2-10(22)8(3-6)18(24,25)26/h1-5,13-14H,(H,27,28)(H,29,30)/t13-,14+/m0/s1. The number of benzene rings is 2. The quantitative estimate of drug-likeness (QED) is 0.418. The molecule has 1 aliphatic rings. The largest absolute Gasteiger partial charge is 0.478 e. The van der Waals surface area contributed by atoms with Crippen molar-refractivity contribution in [3.63, 3.8) is 0 Å². The predicted molar refractivity (Wildman–Crippen MR) is 99.1 cm³/mol. The van der Waals surface area contributed by atoms with Gasteiger partial charge in [0, 0.05) is 5.92 Å². The van der Waals surface area contributed by atoms with Gasteiger partial charge >= 0.3 is 12.1 Å². The number of carbonyl (C=O) groups is 2. The number of hydrogen-bond acceptors (Lipinski definition) is 2. The van der Waals surface area contributed by atoms with Crippen LogP contribution in [0.4, 0.5) is 27.6 Å². The van der Waals surface area contributed by atoms with Gasteiger partial charge in [-0.15, -0.1) is 23.2 Å². The number of carboxylic acid groups (broad SMARTS) is 1. The van der Waals surface area contributed by atoms with Crippen molar-refractivity contribution in [3.8, 4) is 0 Å². The summed E-state index contributed by atoms with van der Waals surface area (Å²) in [5, 5.41) is 10.7. The van der Waals surface area contributed by atoms with E-state index >= 15 is 0 Å². The van der Waals surface area contributed by atoms with Crippen LogP contribution >= 0.6 is 34.8 Å². The van der Waals surface area contributed by atoms with Crippen LogP contribution in [-0.4, -0.2) is 21.3 Å². The van der Waals surface area contributed by atoms with Crippen LogP contribution in [0.5, 0.6) is 0 Å². The third-order valence-corrected chi connectivity index (χ3v) is 5.79. The molecule has 0 bridgehead atoms. The fourth-order valence-electron chi connectivity index (χ4n) is 3.04. The van der Waals surface area contributed by atoms with Gasteiger partial charge in [-0.1, -0.05) is 17.7 Å². The van der Waals surface area contributed by atoms with Gasteiger partial charge in [0.25, 0.3) is 0 Å². The van der Waals surface area contributed by atoms with Gasteiger partial charge in [-0.2, -0.15) is 13.2 Å². The first kappa shape index (κ1) is 22.6. The molecule has 3 rings (SSSR count). The molecule has 2 aromatic carbocycles. The normalized spacial score (nSPS) is 20.0. The number of aromatic carboxylic acids is 1. The fraction of sp³-hybridized carbons (Fsp3) is 0.222. The van der Waals surface area contributed by atoms with Gasteiger partial charge in [0.05, 0.1) is 27.8 Å². The fourth-order valence-corrected chi connectivity index (χ4v) is 4.10. The maximum atomic E-state index is 14.1. The molecule has 1 amide bonds. The molecule has 4 nitrogen and oxygen atoms in total. The average molecular weight is 489 g/mol. The predicted octanol–water partition coefficient (Wildman–Crippen LogP) is 5.86. The Morgan fingerprint density at radius 1 is 1.07 bits per heavy atom. The Balaban J connectivity index is 1.89. The summed E-state index contributed by atoms with van der Waals surface area (Å²) >= 11 is 17.7. The molecule has 0 radical (unpaired) electrons. The number of halogens is 8. The average Bonchev–Trinajstić information content (AvgIpc) is 3.18. The molecule has 2 N–H and O–H groups in total. The number of carbonyl (C=O) groups excluding carboxylic acids is 1. The smallest absolute Gasteiger partial charge is 0.419 e. The molecular weight excluding hydrogens is 480 g/mol. The van der Waals surface area contributed by atoms with Crippen molar-refractivity contribution in [1.29, 1.82) is 0 Å². The lowest BCUT2D eigenvalue weighted by molar-refractivity contribution is -0.140. The van der Waals surface area contributed by atoms with Crippen LogP contribution in [-0.2, 0) is 11.0 Å². The maximum Gasteiger partial charge on any atom is 0.419 e. The Hall–Kier alpha value is -2.10. The van der Waals surface area contributed by atoms with E-state index in [-0.39, 0.29) is 5.56 Å². The zero-order valence-electron chi connectivity index (χ0n) is 14.3. The highest BCUT2D eigenvalue weighted by Gasteiger charge is 2.67. The van der Waals surface area contributed by atoms with Crippen molar-refractivity contribution in [2.24, 2.45) is 5.92 Å². The third-order valence-electron chi connectivity index (χ3n) is 4.54. The summed E-state index contributed by atoms with van der Waals surface area (Å²) in [7, 11) is 0. The molecule has 0 aliphatic heterocycles. The lowest BCUT2D eigenvalue weighted by atomic mass is 10.0. The lowest BCUT2D eigenvalue weighted by Gasteiger charge is -2.10. The van der Waals surface area contributed by atoms with Gasteiger partial charge in [0.15, 0.2) is 0 Å². The Labute approximate surface area is 180 Å². The molecule has 2 atom stereocenters. The molecular formula is C18H9Cl3F5NO3. The molecule has 0 heterocycles. The molecule has 1 aliphatic carbocycles. The lowest BCUT2D eigenvalue weighted by Crippen LogP contribution is -2.18. The van der Waals surface area contributed by atoms with Crippen LogP contribution < -0.4 is 5.32 Å². The number of nitrogens with one attached hydrogen (secondary N) is 1. The monoisotopic (exact) mass is 487 g/mol. The minimum Gasteiger partial charge on any atom is -0.478 e. The number of rotatable bonds is 4. The second-order valence-corrected chi connectivity index (χ2v) is 8.32. The Morgan fingerprint density at radius 2 is 1.70 bits per heavy atom. The Bertz CT molecular complexity index is 1060. The van der Waals surface area contributed by atoms with Crippen molar-refractivity contribution >= 4 is 52.4 Å². The van der Waals surface area contributed by atoms with Crippen LogP contribution in [0.2, 0.25) is 5.02 Å². The van der Waals surface area contributed by atoms with Crippen molar-refractivity contribution in [3.05, 3.63) is 63.7 Å². The Morgan fingerprint density at radius 3 is 2.27 bits per heavy atom. The van der Waals surface area contributed by atoms with Crippen molar-refractivity contribution < 1.29 is 36.6 Å². The second-order valence-electron chi connectivity index (χ2n) is 6.47. The maximum absolute atomic E-state index is 14.1. The molecule has 1 fully saturated rings. The summed E-state index contributed by atoms with van der Waals surface area (Å²) in [5.74, 6) is -7.46. The molecule has 0 aromatic heterocycles. The van der Waals surface area contributed by atoms with Gasteiger partial charge in [-0.05, 0) is 29.8 Å². The van der Waals surface area contributed by atoms with Gasteiger partial charge in [0.1, 0.15) is 16.0 Å². The Kier molecular flexibility index (Phi) is 5.68. The van der Waals surface area contributed by atoms with E-state index in [1.54, 1.807) is 0 Å². The summed E-state index contributed by atoms with van der Waals surface area (Å²) in [5.41, 5.74) is -2.72. The van der Waals surface area contributed by atoms with E-state index in [1.807, 2.05) is 0 Å².